The summed E-state index contributed by atoms with van der Waals surface area (Å²) in [6.45, 7) is -0.0291. The van der Waals surface area contributed by atoms with E-state index in [2.05, 4.69) is 10.1 Å². The molecule has 1 saturated heterocycles. The first kappa shape index (κ1) is 15.8. The Bertz CT molecular complexity index is 504. The lowest BCUT2D eigenvalue weighted by Gasteiger charge is -2.13. The van der Waals surface area contributed by atoms with Crippen LogP contribution in [0.4, 0.5) is 13.2 Å². The van der Waals surface area contributed by atoms with Crippen molar-refractivity contribution in [2.45, 2.75) is 37.7 Å². The minimum atomic E-state index is -4.75. The molecule has 0 bridgehead atoms. The first-order chi connectivity index (χ1) is 9.87. The standard InChI is InChI=1S/C14H16F3NO3/c15-14(16,17)21-11-3-1-2-9(6-11)7-13(20)12-5-4-10(8-19)18-12/h1-3,6,10,12,18-19H,4-5,7-8H2/t10-,12+/m1/s1. The van der Waals surface area contributed by atoms with Crippen molar-refractivity contribution >= 4 is 5.78 Å². The normalized spacial score (nSPS) is 22.3. The van der Waals surface area contributed by atoms with Gasteiger partial charge in [0.2, 0.25) is 0 Å². The molecule has 1 aromatic rings. The smallest absolute Gasteiger partial charge is 0.406 e. The maximum Gasteiger partial charge on any atom is 0.573 e. The summed E-state index contributed by atoms with van der Waals surface area (Å²) in [6.07, 6.45) is -3.37. The SMILES string of the molecule is O=C(Cc1cccc(OC(F)(F)F)c1)[C@@H]1CC[C@H](CO)N1. The number of halogens is 3. The van der Waals surface area contributed by atoms with E-state index in [1.807, 2.05) is 0 Å². The van der Waals surface area contributed by atoms with Gasteiger partial charge in [-0.15, -0.1) is 13.2 Å². The third-order valence-corrected chi connectivity index (χ3v) is 3.36. The molecule has 1 heterocycles. The van der Waals surface area contributed by atoms with Gasteiger partial charge in [-0.05, 0) is 30.5 Å². The molecule has 0 aromatic heterocycles. The summed E-state index contributed by atoms with van der Waals surface area (Å²) >= 11 is 0. The van der Waals surface area contributed by atoms with Crippen LogP contribution >= 0.6 is 0 Å². The fraction of sp³-hybridized carbons (Fsp3) is 0.500. The van der Waals surface area contributed by atoms with Gasteiger partial charge in [0.05, 0.1) is 12.6 Å². The Morgan fingerprint density at radius 1 is 1.38 bits per heavy atom. The molecule has 2 atom stereocenters. The van der Waals surface area contributed by atoms with Crippen LogP contribution in [-0.4, -0.2) is 35.9 Å². The minimum Gasteiger partial charge on any atom is -0.406 e. The second-order valence-electron chi connectivity index (χ2n) is 5.01. The van der Waals surface area contributed by atoms with E-state index in [1.165, 1.54) is 18.2 Å². The maximum atomic E-state index is 12.1. The first-order valence-corrected chi connectivity index (χ1v) is 6.61. The molecule has 1 fully saturated rings. The highest BCUT2D eigenvalue weighted by Crippen LogP contribution is 2.24. The van der Waals surface area contributed by atoms with Crippen molar-refractivity contribution in [1.82, 2.24) is 5.32 Å². The Hall–Kier alpha value is -1.60. The van der Waals surface area contributed by atoms with Crippen LogP contribution in [0.5, 0.6) is 5.75 Å². The molecular formula is C14H16F3NO3. The molecule has 21 heavy (non-hydrogen) atoms. The van der Waals surface area contributed by atoms with Crippen molar-refractivity contribution in [3.8, 4) is 5.75 Å². The number of aliphatic hydroxyl groups excluding tert-OH is 1. The number of hydrogen-bond donors (Lipinski definition) is 2. The van der Waals surface area contributed by atoms with Crippen LogP contribution in [-0.2, 0) is 11.2 Å². The van der Waals surface area contributed by atoms with Gasteiger partial charge in [-0.3, -0.25) is 4.79 Å². The largest absolute Gasteiger partial charge is 0.573 e. The molecule has 1 aliphatic rings. The lowest BCUT2D eigenvalue weighted by molar-refractivity contribution is -0.274. The summed E-state index contributed by atoms with van der Waals surface area (Å²) in [4.78, 5) is 12.1. The predicted molar refractivity (Wildman–Crippen MR) is 68.9 cm³/mol. The number of rotatable bonds is 5. The molecule has 0 unspecified atom stereocenters. The molecule has 0 spiro atoms. The molecule has 0 aliphatic carbocycles. The predicted octanol–water partition coefficient (Wildman–Crippen LogP) is 1.81. The van der Waals surface area contributed by atoms with Crippen LogP contribution in [0.25, 0.3) is 0 Å². The van der Waals surface area contributed by atoms with Crippen LogP contribution in [0.2, 0.25) is 0 Å². The summed E-state index contributed by atoms with van der Waals surface area (Å²) in [5, 5.41) is 12.0. The number of carbonyl (C=O) groups excluding carboxylic acids is 1. The second kappa shape index (κ2) is 6.44. The molecule has 1 aliphatic heterocycles. The molecule has 1 aromatic carbocycles. The average Bonchev–Trinajstić information content (AvgIpc) is 2.85. The van der Waals surface area contributed by atoms with Crippen molar-refractivity contribution in [3.63, 3.8) is 0 Å². The fourth-order valence-corrected chi connectivity index (χ4v) is 2.39. The minimum absolute atomic E-state index is 0.0291. The van der Waals surface area contributed by atoms with E-state index < -0.39 is 6.36 Å². The lowest BCUT2D eigenvalue weighted by atomic mass is 10.0. The summed E-state index contributed by atoms with van der Waals surface area (Å²) in [5.74, 6) is -0.435. The molecule has 2 N–H and O–H groups in total. The lowest BCUT2D eigenvalue weighted by Crippen LogP contribution is -2.37. The van der Waals surface area contributed by atoms with Crippen LogP contribution in [0.15, 0.2) is 24.3 Å². The van der Waals surface area contributed by atoms with Crippen molar-refractivity contribution in [2.75, 3.05) is 6.61 Å². The van der Waals surface area contributed by atoms with Crippen LogP contribution in [0, 0.1) is 0 Å². The summed E-state index contributed by atoms with van der Waals surface area (Å²) in [6, 6.07) is 4.97. The number of benzene rings is 1. The van der Waals surface area contributed by atoms with E-state index in [9.17, 15) is 18.0 Å². The van der Waals surface area contributed by atoms with E-state index in [0.29, 0.717) is 18.4 Å². The average molecular weight is 303 g/mol. The highest BCUT2D eigenvalue weighted by Gasteiger charge is 2.31. The molecule has 116 valence electrons. The van der Waals surface area contributed by atoms with Gasteiger partial charge in [0.1, 0.15) is 5.75 Å². The molecule has 7 heteroatoms. The van der Waals surface area contributed by atoms with E-state index in [1.54, 1.807) is 6.07 Å². The van der Waals surface area contributed by atoms with Gasteiger partial charge in [0.25, 0.3) is 0 Å². The Labute approximate surface area is 119 Å². The van der Waals surface area contributed by atoms with E-state index in [4.69, 9.17) is 5.11 Å². The number of hydrogen-bond acceptors (Lipinski definition) is 4. The zero-order valence-corrected chi connectivity index (χ0v) is 11.2. The Morgan fingerprint density at radius 2 is 2.14 bits per heavy atom. The molecule has 4 nitrogen and oxygen atoms in total. The zero-order chi connectivity index (χ0) is 15.5. The van der Waals surface area contributed by atoms with Crippen LogP contribution in [0.1, 0.15) is 18.4 Å². The van der Waals surface area contributed by atoms with Gasteiger partial charge < -0.3 is 15.2 Å². The maximum absolute atomic E-state index is 12.1. The van der Waals surface area contributed by atoms with Gasteiger partial charge in [-0.25, -0.2) is 0 Å². The number of Topliss-reactive ketones (excluding diaryl/α,β-unsaturated/α-hetero) is 1. The molecule has 2 rings (SSSR count). The monoisotopic (exact) mass is 303 g/mol. The third-order valence-electron chi connectivity index (χ3n) is 3.36. The van der Waals surface area contributed by atoms with E-state index >= 15 is 0 Å². The Morgan fingerprint density at radius 3 is 2.76 bits per heavy atom. The van der Waals surface area contributed by atoms with Crippen molar-refractivity contribution in [1.29, 1.82) is 0 Å². The third kappa shape index (κ3) is 4.71. The number of aliphatic hydroxyl groups is 1. The Balaban J connectivity index is 1.96. The first-order valence-electron chi connectivity index (χ1n) is 6.61. The highest BCUT2D eigenvalue weighted by atomic mass is 19.4. The quantitative estimate of drug-likeness (QED) is 0.871. The van der Waals surface area contributed by atoms with Crippen LogP contribution < -0.4 is 10.1 Å². The van der Waals surface area contributed by atoms with Crippen molar-refractivity contribution in [3.05, 3.63) is 29.8 Å². The topological polar surface area (TPSA) is 58.6 Å². The second-order valence-corrected chi connectivity index (χ2v) is 5.01. The number of carbonyl (C=O) groups is 1. The van der Waals surface area contributed by atoms with Gasteiger partial charge >= 0.3 is 6.36 Å². The summed E-state index contributed by atoms with van der Waals surface area (Å²) < 4.78 is 40.2. The fourth-order valence-electron chi connectivity index (χ4n) is 2.39. The number of nitrogens with one attached hydrogen (secondary N) is 1. The zero-order valence-electron chi connectivity index (χ0n) is 11.2. The van der Waals surface area contributed by atoms with Gasteiger partial charge in [0.15, 0.2) is 5.78 Å². The molecule has 0 amide bonds. The number of ether oxygens (including phenoxy) is 1. The molecular weight excluding hydrogens is 287 g/mol. The number of ketones is 1. The summed E-state index contributed by atoms with van der Waals surface area (Å²) in [7, 11) is 0. The van der Waals surface area contributed by atoms with E-state index in [-0.39, 0.29) is 36.6 Å². The van der Waals surface area contributed by atoms with Crippen molar-refractivity contribution < 1.29 is 27.8 Å². The number of alkyl halides is 3. The highest BCUT2D eigenvalue weighted by molar-refractivity contribution is 5.86. The van der Waals surface area contributed by atoms with Gasteiger partial charge in [0, 0.05) is 12.5 Å². The van der Waals surface area contributed by atoms with E-state index in [0.717, 1.165) is 0 Å². The Kier molecular flexibility index (Phi) is 4.84. The van der Waals surface area contributed by atoms with Gasteiger partial charge in [-0.1, -0.05) is 12.1 Å². The summed E-state index contributed by atoms with van der Waals surface area (Å²) in [5.41, 5.74) is 0.469. The van der Waals surface area contributed by atoms with Gasteiger partial charge in [-0.2, -0.15) is 0 Å². The van der Waals surface area contributed by atoms with Crippen LogP contribution in [0.3, 0.4) is 0 Å². The molecule has 0 radical (unpaired) electrons. The molecule has 0 saturated carbocycles. The van der Waals surface area contributed by atoms with Crippen molar-refractivity contribution in [2.24, 2.45) is 0 Å².